The number of hydrogen-bond acceptors (Lipinski definition) is 4. The van der Waals surface area contributed by atoms with Gasteiger partial charge in [0.25, 0.3) is 5.56 Å². The zero-order valence-electron chi connectivity index (χ0n) is 14.2. The molecule has 0 atom stereocenters. The molecule has 0 spiro atoms. The zero-order chi connectivity index (χ0) is 17.8. The monoisotopic (exact) mass is 403 g/mol. The highest BCUT2D eigenvalue weighted by Gasteiger charge is 2.17. The van der Waals surface area contributed by atoms with Gasteiger partial charge in [0.05, 0.1) is 11.3 Å². The van der Waals surface area contributed by atoms with Crippen LogP contribution in [0.15, 0.2) is 39.6 Å². The third-order valence-corrected chi connectivity index (χ3v) is 5.12. The third-order valence-electron chi connectivity index (χ3n) is 4.59. The van der Waals surface area contributed by atoms with Gasteiger partial charge in [-0.3, -0.25) is 4.79 Å². The Morgan fingerprint density at radius 3 is 2.64 bits per heavy atom. The molecule has 132 valence electrons. The van der Waals surface area contributed by atoms with Crippen LogP contribution in [0.4, 0.5) is 5.69 Å². The molecule has 0 saturated carbocycles. The van der Waals surface area contributed by atoms with Crippen molar-refractivity contribution in [3.05, 3.63) is 62.0 Å². The maximum absolute atomic E-state index is 12.7. The molecule has 6 heteroatoms. The number of rotatable bonds is 5. The highest BCUT2D eigenvalue weighted by molar-refractivity contribution is 9.10. The van der Waals surface area contributed by atoms with E-state index in [-0.39, 0.29) is 11.6 Å². The summed E-state index contributed by atoms with van der Waals surface area (Å²) in [6, 6.07) is 10.4. The standard InChI is InChI=1S/C19H22BrN3O2/c1-23-16(10-13-2-4-14(20)5-3-13)11-18(17(12-21)19(23)24)22-15-6-8-25-9-7-15/h2-5,11-12,15,21-22H,6-10H2,1H3. The van der Waals surface area contributed by atoms with Crippen molar-refractivity contribution in [1.29, 1.82) is 5.41 Å². The predicted molar refractivity (Wildman–Crippen MR) is 104 cm³/mol. The van der Waals surface area contributed by atoms with Gasteiger partial charge < -0.3 is 20.0 Å². The molecule has 0 bridgehead atoms. The number of anilines is 1. The average molecular weight is 404 g/mol. The van der Waals surface area contributed by atoms with E-state index in [1.54, 1.807) is 11.6 Å². The second-order valence-corrected chi connectivity index (χ2v) is 7.22. The van der Waals surface area contributed by atoms with Crippen molar-refractivity contribution in [2.24, 2.45) is 7.05 Å². The zero-order valence-corrected chi connectivity index (χ0v) is 15.8. The summed E-state index contributed by atoms with van der Waals surface area (Å²) in [6.07, 6.45) is 3.64. The van der Waals surface area contributed by atoms with Crippen molar-refractivity contribution >= 4 is 27.8 Å². The van der Waals surface area contributed by atoms with Gasteiger partial charge in [-0.15, -0.1) is 0 Å². The number of aromatic nitrogens is 1. The molecule has 0 radical (unpaired) electrons. The van der Waals surface area contributed by atoms with E-state index in [1.165, 1.54) is 0 Å². The SMILES string of the molecule is Cn1c(Cc2ccc(Br)cc2)cc(NC2CCOCC2)c(C=N)c1=O. The molecular weight excluding hydrogens is 382 g/mol. The molecule has 2 aromatic rings. The second-order valence-electron chi connectivity index (χ2n) is 6.31. The first-order chi connectivity index (χ1) is 12.1. The Hall–Kier alpha value is -1.92. The summed E-state index contributed by atoms with van der Waals surface area (Å²) in [5.41, 5.74) is 3.08. The minimum Gasteiger partial charge on any atom is -0.381 e. The van der Waals surface area contributed by atoms with Crippen LogP contribution >= 0.6 is 15.9 Å². The fraction of sp³-hybridized carbons (Fsp3) is 0.368. The molecule has 5 nitrogen and oxygen atoms in total. The van der Waals surface area contributed by atoms with Crippen molar-refractivity contribution in [3.63, 3.8) is 0 Å². The van der Waals surface area contributed by atoms with E-state index in [4.69, 9.17) is 10.1 Å². The summed E-state index contributed by atoms with van der Waals surface area (Å²) in [4.78, 5) is 12.7. The molecule has 0 unspecified atom stereocenters. The number of pyridine rings is 1. The third kappa shape index (κ3) is 4.19. The molecular formula is C19H22BrN3O2. The summed E-state index contributed by atoms with van der Waals surface area (Å²) >= 11 is 3.44. The Labute approximate surface area is 155 Å². The lowest BCUT2D eigenvalue weighted by molar-refractivity contribution is 0.0904. The van der Waals surface area contributed by atoms with Crippen LogP contribution in [0, 0.1) is 5.41 Å². The van der Waals surface area contributed by atoms with Crippen molar-refractivity contribution in [1.82, 2.24) is 4.57 Å². The van der Waals surface area contributed by atoms with Gasteiger partial charge in [-0.2, -0.15) is 0 Å². The van der Waals surface area contributed by atoms with Gasteiger partial charge in [0.1, 0.15) is 0 Å². The van der Waals surface area contributed by atoms with E-state index in [9.17, 15) is 4.79 Å². The van der Waals surface area contributed by atoms with E-state index in [2.05, 4.69) is 21.2 Å². The summed E-state index contributed by atoms with van der Waals surface area (Å²) in [6.45, 7) is 1.46. The molecule has 25 heavy (non-hydrogen) atoms. The summed E-state index contributed by atoms with van der Waals surface area (Å²) < 4.78 is 8.06. The number of benzene rings is 1. The summed E-state index contributed by atoms with van der Waals surface area (Å²) in [7, 11) is 1.77. The fourth-order valence-electron chi connectivity index (χ4n) is 3.07. The lowest BCUT2D eigenvalue weighted by Gasteiger charge is -2.25. The van der Waals surface area contributed by atoms with E-state index in [0.717, 1.165) is 53.7 Å². The average Bonchev–Trinajstić information content (AvgIpc) is 2.62. The molecule has 3 rings (SSSR count). The normalized spacial score (nSPS) is 15.1. The maximum Gasteiger partial charge on any atom is 0.261 e. The Balaban J connectivity index is 1.93. The van der Waals surface area contributed by atoms with E-state index < -0.39 is 0 Å². The smallest absolute Gasteiger partial charge is 0.261 e. The van der Waals surface area contributed by atoms with E-state index >= 15 is 0 Å². The molecule has 1 saturated heterocycles. The Morgan fingerprint density at radius 2 is 2.00 bits per heavy atom. The van der Waals surface area contributed by atoms with Crippen LogP contribution in [0.1, 0.15) is 29.7 Å². The Kier molecular flexibility index (Phi) is 5.71. The molecule has 1 aromatic heterocycles. The molecule has 0 aliphatic carbocycles. The van der Waals surface area contributed by atoms with Gasteiger partial charge in [-0.05, 0) is 36.6 Å². The van der Waals surface area contributed by atoms with E-state index in [0.29, 0.717) is 12.0 Å². The van der Waals surface area contributed by atoms with Crippen LogP contribution in [-0.2, 0) is 18.2 Å². The Morgan fingerprint density at radius 1 is 1.32 bits per heavy atom. The van der Waals surface area contributed by atoms with Gasteiger partial charge in [0.2, 0.25) is 0 Å². The van der Waals surface area contributed by atoms with Gasteiger partial charge in [-0.25, -0.2) is 0 Å². The molecule has 0 amide bonds. The number of nitrogens with one attached hydrogen (secondary N) is 2. The van der Waals surface area contributed by atoms with Crippen LogP contribution in [0.5, 0.6) is 0 Å². The fourth-order valence-corrected chi connectivity index (χ4v) is 3.33. The number of ether oxygens (including phenoxy) is 1. The van der Waals surface area contributed by atoms with Gasteiger partial charge >= 0.3 is 0 Å². The van der Waals surface area contributed by atoms with Crippen molar-refractivity contribution in [2.75, 3.05) is 18.5 Å². The highest BCUT2D eigenvalue weighted by Crippen LogP contribution is 2.20. The van der Waals surface area contributed by atoms with Crippen molar-refractivity contribution < 1.29 is 4.74 Å². The topological polar surface area (TPSA) is 67.1 Å². The van der Waals surface area contributed by atoms with Crippen LogP contribution in [0.3, 0.4) is 0 Å². The van der Waals surface area contributed by atoms with Crippen LogP contribution in [0.25, 0.3) is 0 Å². The number of halogens is 1. The van der Waals surface area contributed by atoms with Crippen molar-refractivity contribution in [2.45, 2.75) is 25.3 Å². The first-order valence-corrected chi connectivity index (χ1v) is 9.20. The first-order valence-electron chi connectivity index (χ1n) is 8.40. The lowest BCUT2D eigenvalue weighted by Crippen LogP contribution is -2.31. The number of nitrogens with zero attached hydrogens (tertiary/aromatic N) is 1. The van der Waals surface area contributed by atoms with Gasteiger partial charge in [0.15, 0.2) is 0 Å². The maximum atomic E-state index is 12.7. The minimum atomic E-state index is -0.140. The number of hydrogen-bond donors (Lipinski definition) is 2. The molecule has 1 aliphatic rings. The molecule has 1 fully saturated rings. The molecule has 2 heterocycles. The molecule has 1 aliphatic heterocycles. The van der Waals surface area contributed by atoms with E-state index in [1.807, 2.05) is 30.3 Å². The Bertz CT molecular complexity index is 809. The first kappa shape index (κ1) is 17.9. The highest BCUT2D eigenvalue weighted by atomic mass is 79.9. The summed E-state index contributed by atoms with van der Waals surface area (Å²) in [5.74, 6) is 0. The minimum absolute atomic E-state index is 0.140. The lowest BCUT2D eigenvalue weighted by atomic mass is 10.0. The van der Waals surface area contributed by atoms with Crippen LogP contribution in [0.2, 0.25) is 0 Å². The predicted octanol–water partition coefficient (Wildman–Crippen LogP) is 3.33. The van der Waals surface area contributed by atoms with Crippen LogP contribution < -0.4 is 10.9 Å². The largest absolute Gasteiger partial charge is 0.381 e. The quantitative estimate of drug-likeness (QED) is 0.752. The molecule has 2 N–H and O–H groups in total. The van der Waals surface area contributed by atoms with Gasteiger partial charge in [-0.1, -0.05) is 28.1 Å². The van der Waals surface area contributed by atoms with Gasteiger partial charge in [0, 0.05) is 49.1 Å². The summed E-state index contributed by atoms with van der Waals surface area (Å²) in [5, 5.41) is 11.1. The molecule has 1 aromatic carbocycles. The van der Waals surface area contributed by atoms with Crippen molar-refractivity contribution in [3.8, 4) is 0 Å². The second kappa shape index (κ2) is 7.97. The van der Waals surface area contributed by atoms with Crippen LogP contribution in [-0.4, -0.2) is 30.0 Å².